The van der Waals surface area contributed by atoms with E-state index in [1.165, 1.54) is 31.2 Å². The number of rotatable bonds is 7. The quantitative estimate of drug-likeness (QED) is 0.675. The number of hydrogen-bond acceptors (Lipinski definition) is 5. The maximum atomic E-state index is 12.4. The fourth-order valence-corrected chi connectivity index (χ4v) is 4.05. The molecule has 1 fully saturated rings. The summed E-state index contributed by atoms with van der Waals surface area (Å²) in [5.41, 5.74) is 1.70. The monoisotopic (exact) mass is 416 g/mol. The highest BCUT2D eigenvalue weighted by Crippen LogP contribution is 2.13. The average Bonchev–Trinajstić information content (AvgIpc) is 2.73. The van der Waals surface area contributed by atoms with Gasteiger partial charge in [-0.3, -0.25) is 9.59 Å². The van der Waals surface area contributed by atoms with Crippen LogP contribution in [0.3, 0.4) is 0 Å². The molecule has 1 heterocycles. The molecule has 3 rings (SSSR count). The molecule has 0 radical (unpaired) electrons. The van der Waals surface area contributed by atoms with Crippen molar-refractivity contribution in [2.45, 2.75) is 37.2 Å². The van der Waals surface area contributed by atoms with Crippen LogP contribution in [0.4, 0.5) is 0 Å². The van der Waals surface area contributed by atoms with E-state index in [0.29, 0.717) is 17.7 Å². The number of sulfonamides is 1. The SMILES string of the molecule is CC(=O)c1ccc(S(=O)(=O)NCc2ccc(C(=O)NC3CCCOC3)cc2)cc1. The van der Waals surface area contributed by atoms with Crippen LogP contribution in [0.1, 0.15) is 46.0 Å². The van der Waals surface area contributed by atoms with Crippen molar-refractivity contribution in [2.75, 3.05) is 13.2 Å². The molecule has 1 amide bonds. The fraction of sp³-hybridized carbons (Fsp3) is 0.333. The molecule has 7 nitrogen and oxygen atoms in total. The lowest BCUT2D eigenvalue weighted by Crippen LogP contribution is -2.40. The number of ketones is 1. The van der Waals surface area contributed by atoms with Gasteiger partial charge in [0.2, 0.25) is 10.0 Å². The Hall–Kier alpha value is -2.55. The molecule has 1 aliphatic rings. The number of hydrogen-bond donors (Lipinski definition) is 2. The van der Waals surface area contributed by atoms with Crippen molar-refractivity contribution in [2.24, 2.45) is 0 Å². The normalized spacial score (nSPS) is 16.9. The van der Waals surface area contributed by atoms with Crippen LogP contribution >= 0.6 is 0 Å². The molecular formula is C21H24N2O5S. The molecule has 0 saturated carbocycles. The van der Waals surface area contributed by atoms with Crippen molar-refractivity contribution in [3.8, 4) is 0 Å². The Balaban J connectivity index is 1.57. The Kier molecular flexibility index (Phi) is 6.79. The van der Waals surface area contributed by atoms with Gasteiger partial charge < -0.3 is 10.1 Å². The van der Waals surface area contributed by atoms with Crippen LogP contribution in [0.2, 0.25) is 0 Å². The van der Waals surface area contributed by atoms with Gasteiger partial charge in [-0.15, -0.1) is 0 Å². The second-order valence-electron chi connectivity index (χ2n) is 6.99. The second kappa shape index (κ2) is 9.30. The predicted octanol–water partition coefficient (Wildman–Crippen LogP) is 2.28. The van der Waals surface area contributed by atoms with Gasteiger partial charge in [0.25, 0.3) is 5.91 Å². The minimum atomic E-state index is -3.70. The van der Waals surface area contributed by atoms with Crippen LogP contribution in [0.5, 0.6) is 0 Å². The Labute approximate surface area is 170 Å². The number of carbonyl (C=O) groups is 2. The highest BCUT2D eigenvalue weighted by atomic mass is 32.2. The smallest absolute Gasteiger partial charge is 0.251 e. The van der Waals surface area contributed by atoms with Crippen molar-refractivity contribution in [1.82, 2.24) is 10.0 Å². The van der Waals surface area contributed by atoms with Gasteiger partial charge in [-0.2, -0.15) is 0 Å². The van der Waals surface area contributed by atoms with Gasteiger partial charge in [-0.25, -0.2) is 13.1 Å². The van der Waals surface area contributed by atoms with E-state index in [1.807, 2.05) is 0 Å². The van der Waals surface area contributed by atoms with E-state index in [0.717, 1.165) is 25.0 Å². The molecule has 8 heteroatoms. The maximum absolute atomic E-state index is 12.4. The van der Waals surface area contributed by atoms with Crippen molar-refractivity contribution in [3.63, 3.8) is 0 Å². The molecule has 1 aliphatic heterocycles. The van der Waals surface area contributed by atoms with Crippen LogP contribution < -0.4 is 10.0 Å². The molecule has 2 N–H and O–H groups in total. The molecule has 29 heavy (non-hydrogen) atoms. The molecule has 2 aromatic rings. The second-order valence-corrected chi connectivity index (χ2v) is 8.76. The summed E-state index contributed by atoms with van der Waals surface area (Å²) >= 11 is 0. The van der Waals surface area contributed by atoms with E-state index in [2.05, 4.69) is 10.0 Å². The molecule has 154 valence electrons. The predicted molar refractivity (Wildman–Crippen MR) is 108 cm³/mol. The summed E-state index contributed by atoms with van der Waals surface area (Å²) in [6, 6.07) is 12.6. The Bertz CT molecular complexity index is 963. The number of carbonyl (C=O) groups excluding carboxylic acids is 2. The van der Waals surface area contributed by atoms with Gasteiger partial charge in [0.05, 0.1) is 17.5 Å². The van der Waals surface area contributed by atoms with Gasteiger partial charge >= 0.3 is 0 Å². The van der Waals surface area contributed by atoms with Crippen LogP contribution in [0, 0.1) is 0 Å². The largest absolute Gasteiger partial charge is 0.379 e. The van der Waals surface area contributed by atoms with E-state index >= 15 is 0 Å². The zero-order valence-corrected chi connectivity index (χ0v) is 17.0. The standard InChI is InChI=1S/C21H24N2O5S/c1-15(24)17-8-10-20(11-9-17)29(26,27)22-13-16-4-6-18(7-5-16)21(25)23-19-3-2-12-28-14-19/h4-11,19,22H,2-3,12-14H2,1H3,(H,23,25). The molecule has 1 atom stereocenters. The number of amides is 1. The summed E-state index contributed by atoms with van der Waals surface area (Å²) in [4.78, 5) is 23.7. The first-order valence-corrected chi connectivity index (χ1v) is 10.9. The van der Waals surface area contributed by atoms with E-state index in [4.69, 9.17) is 4.74 Å². The third-order valence-corrected chi connectivity index (χ3v) is 6.17. The van der Waals surface area contributed by atoms with Crippen LogP contribution in [-0.2, 0) is 21.3 Å². The number of ether oxygens (including phenoxy) is 1. The summed E-state index contributed by atoms with van der Waals surface area (Å²) < 4.78 is 32.7. The Morgan fingerprint density at radius 1 is 1.03 bits per heavy atom. The van der Waals surface area contributed by atoms with E-state index < -0.39 is 10.0 Å². The Morgan fingerprint density at radius 2 is 1.69 bits per heavy atom. The minimum Gasteiger partial charge on any atom is -0.379 e. The highest BCUT2D eigenvalue weighted by Gasteiger charge is 2.17. The number of benzene rings is 2. The van der Waals surface area contributed by atoms with Crippen molar-refractivity contribution < 1.29 is 22.7 Å². The molecule has 0 aliphatic carbocycles. The average molecular weight is 416 g/mol. The molecule has 0 spiro atoms. The number of nitrogens with one attached hydrogen (secondary N) is 2. The molecule has 0 aromatic heterocycles. The van der Waals surface area contributed by atoms with Crippen molar-refractivity contribution >= 4 is 21.7 Å². The van der Waals surface area contributed by atoms with Crippen LogP contribution in [0.15, 0.2) is 53.4 Å². The summed E-state index contributed by atoms with van der Waals surface area (Å²) in [5.74, 6) is -0.291. The first-order chi connectivity index (χ1) is 13.8. The third kappa shape index (κ3) is 5.72. The summed E-state index contributed by atoms with van der Waals surface area (Å²) in [6.07, 6.45) is 1.83. The lowest BCUT2D eigenvalue weighted by Gasteiger charge is -2.23. The molecular weight excluding hydrogens is 392 g/mol. The van der Waals surface area contributed by atoms with Gasteiger partial charge in [-0.05, 0) is 49.6 Å². The molecule has 1 unspecified atom stereocenters. The zero-order valence-electron chi connectivity index (χ0n) is 16.2. The number of Topliss-reactive ketones (excluding diaryl/α,β-unsaturated/α-hetero) is 1. The van der Waals surface area contributed by atoms with Crippen LogP contribution in [-0.4, -0.2) is 39.4 Å². The van der Waals surface area contributed by atoms with Gasteiger partial charge in [0.1, 0.15) is 0 Å². The molecule has 1 saturated heterocycles. The van der Waals surface area contributed by atoms with Gasteiger partial charge in [0, 0.05) is 24.3 Å². The first-order valence-electron chi connectivity index (χ1n) is 9.43. The maximum Gasteiger partial charge on any atom is 0.251 e. The summed E-state index contributed by atoms with van der Waals surface area (Å²) in [6.45, 7) is 2.78. The fourth-order valence-electron chi connectivity index (χ4n) is 3.03. The molecule has 0 bridgehead atoms. The van der Waals surface area contributed by atoms with E-state index in [1.54, 1.807) is 24.3 Å². The topological polar surface area (TPSA) is 102 Å². The molecule has 2 aromatic carbocycles. The van der Waals surface area contributed by atoms with E-state index in [-0.39, 0.29) is 29.2 Å². The Morgan fingerprint density at radius 3 is 2.28 bits per heavy atom. The van der Waals surface area contributed by atoms with Crippen molar-refractivity contribution in [1.29, 1.82) is 0 Å². The third-order valence-electron chi connectivity index (χ3n) is 4.75. The lowest BCUT2D eigenvalue weighted by molar-refractivity contribution is 0.0624. The minimum absolute atomic E-state index is 0.0251. The zero-order chi connectivity index (χ0) is 20.9. The van der Waals surface area contributed by atoms with Crippen LogP contribution in [0.25, 0.3) is 0 Å². The first kappa shape index (κ1) is 21.2. The van der Waals surface area contributed by atoms with Gasteiger partial charge in [0.15, 0.2) is 5.78 Å². The van der Waals surface area contributed by atoms with E-state index in [9.17, 15) is 18.0 Å². The summed E-state index contributed by atoms with van der Waals surface area (Å²) in [5, 5.41) is 2.95. The lowest BCUT2D eigenvalue weighted by atomic mass is 10.1. The van der Waals surface area contributed by atoms with Gasteiger partial charge in [-0.1, -0.05) is 24.3 Å². The summed E-state index contributed by atoms with van der Waals surface area (Å²) in [7, 11) is -3.70. The highest BCUT2D eigenvalue weighted by molar-refractivity contribution is 7.89. The van der Waals surface area contributed by atoms with Crippen molar-refractivity contribution in [3.05, 3.63) is 65.2 Å².